The summed E-state index contributed by atoms with van der Waals surface area (Å²) in [6, 6.07) is 15.6. The Bertz CT molecular complexity index is 1400. The molecule has 0 saturated carbocycles. The number of halogens is 3. The third-order valence-corrected chi connectivity index (χ3v) is 6.54. The molecule has 4 rings (SSSR count). The van der Waals surface area contributed by atoms with Crippen LogP contribution < -0.4 is 10.6 Å². The van der Waals surface area contributed by atoms with Crippen molar-refractivity contribution in [3.05, 3.63) is 99.5 Å². The minimum Gasteiger partial charge on any atom is -0.444 e. The van der Waals surface area contributed by atoms with Crippen molar-refractivity contribution in [3.63, 3.8) is 0 Å². The van der Waals surface area contributed by atoms with E-state index in [1.807, 2.05) is 36.4 Å². The number of anilines is 1. The van der Waals surface area contributed by atoms with Crippen molar-refractivity contribution in [3.8, 4) is 0 Å². The van der Waals surface area contributed by atoms with Gasteiger partial charge in [-0.3, -0.25) is 9.59 Å². The lowest BCUT2D eigenvalue weighted by molar-refractivity contribution is -0.136. The molecular weight excluding hydrogens is 572 g/mol. The molecule has 2 N–H and O–H groups in total. The smallest absolute Gasteiger partial charge is 0.408 e. The molecule has 0 saturated heterocycles. The number of amides is 3. The molecule has 7 nitrogen and oxygen atoms in total. The molecule has 10 heteroatoms. The van der Waals surface area contributed by atoms with Crippen LogP contribution in [-0.2, 0) is 14.3 Å². The van der Waals surface area contributed by atoms with E-state index in [0.29, 0.717) is 17.3 Å². The van der Waals surface area contributed by atoms with Gasteiger partial charge in [-0.05, 0) is 50.6 Å². The zero-order valence-electron chi connectivity index (χ0n) is 21.6. The molecular formula is C29H28BrF2N3O4. The van der Waals surface area contributed by atoms with Gasteiger partial charge < -0.3 is 20.3 Å². The van der Waals surface area contributed by atoms with Crippen LogP contribution in [-0.4, -0.2) is 35.0 Å². The minimum atomic E-state index is -1.20. The highest BCUT2D eigenvalue weighted by Crippen LogP contribution is 2.38. The molecule has 39 heavy (non-hydrogen) atoms. The lowest BCUT2D eigenvalue weighted by Gasteiger charge is -2.32. The molecule has 0 aromatic heterocycles. The molecule has 1 aliphatic heterocycles. The maximum absolute atomic E-state index is 14.9. The van der Waals surface area contributed by atoms with Gasteiger partial charge in [-0.15, -0.1) is 0 Å². The second-order valence-corrected chi connectivity index (χ2v) is 11.1. The van der Waals surface area contributed by atoms with E-state index < -0.39 is 53.6 Å². The normalized spacial score (nSPS) is 16.0. The predicted molar refractivity (Wildman–Crippen MR) is 146 cm³/mol. The number of hydrogen-bond donors (Lipinski definition) is 2. The topological polar surface area (TPSA) is 87.7 Å². The van der Waals surface area contributed by atoms with Crippen molar-refractivity contribution < 1.29 is 27.9 Å². The summed E-state index contributed by atoms with van der Waals surface area (Å²) in [5.41, 5.74) is 1.05. The number of carbonyl (C=O) groups is 3. The van der Waals surface area contributed by atoms with Crippen LogP contribution in [0.2, 0.25) is 0 Å². The first-order valence-electron chi connectivity index (χ1n) is 12.3. The lowest BCUT2D eigenvalue weighted by Crippen LogP contribution is -2.42. The minimum absolute atomic E-state index is 0.0886. The third kappa shape index (κ3) is 7.00. The molecule has 0 spiro atoms. The number of benzene rings is 3. The molecule has 1 heterocycles. The number of carbonyl (C=O) groups excluding carboxylic acids is 3. The average molecular weight is 600 g/mol. The number of ether oxygens (including phenoxy) is 1. The fourth-order valence-corrected chi connectivity index (χ4v) is 4.85. The Kier molecular flexibility index (Phi) is 8.34. The average Bonchev–Trinajstić information content (AvgIpc) is 2.98. The van der Waals surface area contributed by atoms with E-state index in [-0.39, 0.29) is 12.1 Å². The standard InChI is InChI=1S/C29H28BrF2N3O4/c1-29(2,3)39-28(38)34-24(20-11-10-19(31)14-22(20)32)15-26(37)35-16-25(36)33-23-12-9-18(30)13-21(23)27(35)17-7-5-4-6-8-17/h4-14,24,27H,15-16H2,1-3H3,(H,33,36)(H,34,38). The molecule has 0 aliphatic carbocycles. The lowest BCUT2D eigenvalue weighted by atomic mass is 9.95. The number of alkyl carbamates (subject to hydrolysis) is 1. The number of hydrogen-bond acceptors (Lipinski definition) is 4. The number of nitrogens with zero attached hydrogens (tertiary/aromatic N) is 1. The first-order valence-corrected chi connectivity index (χ1v) is 13.1. The Morgan fingerprint density at radius 1 is 1.10 bits per heavy atom. The van der Waals surface area contributed by atoms with Gasteiger partial charge in [-0.2, -0.15) is 0 Å². The Hall–Kier alpha value is -3.79. The van der Waals surface area contributed by atoms with E-state index in [9.17, 15) is 23.2 Å². The van der Waals surface area contributed by atoms with Crippen LogP contribution in [0.5, 0.6) is 0 Å². The molecule has 3 aromatic carbocycles. The van der Waals surface area contributed by atoms with Crippen LogP contribution in [0.1, 0.15) is 56.0 Å². The van der Waals surface area contributed by atoms with Crippen molar-refractivity contribution in [2.45, 2.75) is 44.9 Å². The second-order valence-electron chi connectivity index (χ2n) is 10.2. The van der Waals surface area contributed by atoms with Crippen molar-refractivity contribution in [1.82, 2.24) is 10.2 Å². The van der Waals surface area contributed by atoms with Crippen LogP contribution in [0, 0.1) is 11.6 Å². The van der Waals surface area contributed by atoms with E-state index >= 15 is 0 Å². The fourth-order valence-electron chi connectivity index (χ4n) is 4.47. The van der Waals surface area contributed by atoms with Gasteiger partial charge >= 0.3 is 6.09 Å². The Labute approximate surface area is 233 Å². The van der Waals surface area contributed by atoms with Gasteiger partial charge in [0.05, 0.1) is 18.5 Å². The fraction of sp³-hybridized carbons (Fsp3) is 0.276. The first-order chi connectivity index (χ1) is 18.4. The highest BCUT2D eigenvalue weighted by Gasteiger charge is 2.35. The summed E-state index contributed by atoms with van der Waals surface area (Å²) in [6.07, 6.45) is -1.28. The number of rotatable bonds is 5. The van der Waals surface area contributed by atoms with Crippen LogP contribution in [0.4, 0.5) is 19.3 Å². The number of nitrogens with one attached hydrogen (secondary N) is 2. The molecule has 1 aliphatic rings. The zero-order valence-corrected chi connectivity index (χ0v) is 23.2. The zero-order chi connectivity index (χ0) is 28.3. The maximum Gasteiger partial charge on any atom is 0.408 e. The van der Waals surface area contributed by atoms with Crippen molar-refractivity contribution in [2.75, 3.05) is 11.9 Å². The maximum atomic E-state index is 14.9. The second kappa shape index (κ2) is 11.5. The van der Waals surface area contributed by atoms with Crippen LogP contribution in [0.3, 0.4) is 0 Å². The van der Waals surface area contributed by atoms with Crippen molar-refractivity contribution in [1.29, 1.82) is 0 Å². The highest BCUT2D eigenvalue weighted by atomic mass is 79.9. The summed E-state index contributed by atoms with van der Waals surface area (Å²) in [6.45, 7) is 4.72. The van der Waals surface area contributed by atoms with E-state index in [4.69, 9.17) is 4.74 Å². The quantitative estimate of drug-likeness (QED) is 0.363. The third-order valence-electron chi connectivity index (χ3n) is 6.05. The van der Waals surface area contributed by atoms with Crippen LogP contribution in [0.15, 0.2) is 71.2 Å². The Balaban J connectivity index is 1.74. The van der Waals surface area contributed by atoms with Crippen LogP contribution in [0.25, 0.3) is 0 Å². The van der Waals surface area contributed by atoms with Crippen LogP contribution >= 0.6 is 15.9 Å². The number of fused-ring (bicyclic) bond motifs is 1. The van der Waals surface area contributed by atoms with Gasteiger partial charge in [-0.25, -0.2) is 13.6 Å². The largest absolute Gasteiger partial charge is 0.444 e. The monoisotopic (exact) mass is 599 g/mol. The molecule has 204 valence electrons. The van der Waals surface area contributed by atoms with Crippen molar-refractivity contribution in [2.24, 2.45) is 0 Å². The van der Waals surface area contributed by atoms with E-state index in [0.717, 1.165) is 16.1 Å². The Morgan fingerprint density at radius 2 is 1.82 bits per heavy atom. The highest BCUT2D eigenvalue weighted by molar-refractivity contribution is 9.10. The van der Waals surface area contributed by atoms with E-state index in [2.05, 4.69) is 26.6 Å². The molecule has 0 bridgehead atoms. The van der Waals surface area contributed by atoms with Gasteiger partial charge in [-0.1, -0.05) is 52.3 Å². The summed E-state index contributed by atoms with van der Waals surface area (Å²) in [5.74, 6) is -2.66. The predicted octanol–water partition coefficient (Wildman–Crippen LogP) is 6.25. The molecule has 2 unspecified atom stereocenters. The van der Waals surface area contributed by atoms with Gasteiger partial charge in [0.2, 0.25) is 11.8 Å². The van der Waals surface area contributed by atoms with E-state index in [1.165, 1.54) is 11.0 Å². The van der Waals surface area contributed by atoms with Gasteiger partial charge in [0.15, 0.2) is 0 Å². The van der Waals surface area contributed by atoms with Crippen molar-refractivity contribution >= 4 is 39.5 Å². The molecule has 0 radical (unpaired) electrons. The van der Waals surface area contributed by atoms with Gasteiger partial charge in [0.25, 0.3) is 0 Å². The summed E-state index contributed by atoms with van der Waals surface area (Å²) >= 11 is 3.47. The summed E-state index contributed by atoms with van der Waals surface area (Å²) in [4.78, 5) is 40.9. The molecule has 0 fully saturated rings. The van der Waals surface area contributed by atoms with E-state index in [1.54, 1.807) is 32.9 Å². The van der Waals surface area contributed by atoms with Gasteiger partial charge in [0.1, 0.15) is 23.8 Å². The molecule has 3 amide bonds. The molecule has 2 atom stereocenters. The van der Waals surface area contributed by atoms with Gasteiger partial charge in [0, 0.05) is 27.4 Å². The first kappa shape index (κ1) is 28.2. The molecule has 3 aromatic rings. The summed E-state index contributed by atoms with van der Waals surface area (Å²) in [5, 5.41) is 5.40. The SMILES string of the molecule is CC(C)(C)OC(=O)NC(CC(=O)N1CC(=O)Nc2ccc(Br)cc2C1c1ccccc1)c1ccc(F)cc1F. The Morgan fingerprint density at radius 3 is 2.49 bits per heavy atom. The summed E-state index contributed by atoms with van der Waals surface area (Å²) in [7, 11) is 0. The summed E-state index contributed by atoms with van der Waals surface area (Å²) < 4.78 is 34.6.